The molecule has 9 heteroatoms. The number of rotatable bonds is 8. The van der Waals surface area contributed by atoms with E-state index in [4.69, 9.17) is 9.47 Å². The molecule has 152 valence electrons. The normalized spacial score (nSPS) is 11.4. The Labute approximate surface area is 173 Å². The molecular formula is C19H23BrN2O5S. The SMILES string of the molecule is COc1ccc(S(=O)(=O)NC(C)C)cc1NC(=O)COc1ccc(Br)c(C)c1. The van der Waals surface area contributed by atoms with E-state index in [2.05, 4.69) is 26.0 Å². The number of amides is 1. The van der Waals surface area contributed by atoms with Crippen LogP contribution in [0, 0.1) is 6.92 Å². The Balaban J connectivity index is 2.13. The molecule has 0 aromatic heterocycles. The number of hydrogen-bond acceptors (Lipinski definition) is 5. The maximum atomic E-state index is 12.4. The highest BCUT2D eigenvalue weighted by atomic mass is 79.9. The Bertz CT molecular complexity index is 961. The van der Waals surface area contributed by atoms with E-state index < -0.39 is 15.9 Å². The fraction of sp³-hybridized carbons (Fsp3) is 0.316. The molecule has 0 radical (unpaired) electrons. The molecule has 2 aromatic rings. The van der Waals surface area contributed by atoms with Gasteiger partial charge in [-0.1, -0.05) is 15.9 Å². The summed E-state index contributed by atoms with van der Waals surface area (Å²) in [7, 11) is -2.26. The van der Waals surface area contributed by atoms with Crippen molar-refractivity contribution in [3.63, 3.8) is 0 Å². The predicted molar refractivity (Wildman–Crippen MR) is 111 cm³/mol. The lowest BCUT2D eigenvalue weighted by Gasteiger charge is -2.14. The van der Waals surface area contributed by atoms with E-state index in [-0.39, 0.29) is 23.2 Å². The first kappa shape index (κ1) is 22.2. The van der Waals surface area contributed by atoms with Gasteiger partial charge in [-0.25, -0.2) is 13.1 Å². The number of halogens is 1. The second kappa shape index (κ2) is 9.40. The van der Waals surface area contributed by atoms with Gasteiger partial charge in [-0.3, -0.25) is 4.79 Å². The van der Waals surface area contributed by atoms with Crippen molar-refractivity contribution in [2.24, 2.45) is 0 Å². The molecular weight excluding hydrogens is 448 g/mol. The molecule has 0 saturated heterocycles. The lowest BCUT2D eigenvalue weighted by molar-refractivity contribution is -0.118. The summed E-state index contributed by atoms with van der Waals surface area (Å²) in [5.41, 5.74) is 1.23. The number of methoxy groups -OCH3 is 1. The first-order valence-electron chi connectivity index (χ1n) is 8.51. The van der Waals surface area contributed by atoms with E-state index in [0.29, 0.717) is 11.5 Å². The smallest absolute Gasteiger partial charge is 0.262 e. The summed E-state index contributed by atoms with van der Waals surface area (Å²) in [6.45, 7) is 5.14. The van der Waals surface area contributed by atoms with Gasteiger partial charge in [0.15, 0.2) is 6.61 Å². The van der Waals surface area contributed by atoms with Crippen molar-refractivity contribution in [1.29, 1.82) is 0 Å². The predicted octanol–water partition coefficient (Wildman–Crippen LogP) is 3.47. The summed E-state index contributed by atoms with van der Waals surface area (Å²) >= 11 is 3.40. The number of benzene rings is 2. The first-order valence-corrected chi connectivity index (χ1v) is 10.8. The number of aryl methyl sites for hydroxylation is 1. The molecule has 0 aliphatic carbocycles. The molecule has 0 fully saturated rings. The molecule has 0 unspecified atom stereocenters. The van der Waals surface area contributed by atoms with Gasteiger partial charge >= 0.3 is 0 Å². The minimum Gasteiger partial charge on any atom is -0.495 e. The van der Waals surface area contributed by atoms with Gasteiger partial charge in [-0.15, -0.1) is 0 Å². The van der Waals surface area contributed by atoms with E-state index in [1.54, 1.807) is 19.9 Å². The number of hydrogen-bond donors (Lipinski definition) is 2. The lowest BCUT2D eigenvalue weighted by Crippen LogP contribution is -2.30. The average molecular weight is 471 g/mol. The van der Waals surface area contributed by atoms with Crippen LogP contribution in [0.4, 0.5) is 5.69 Å². The molecule has 1 amide bonds. The van der Waals surface area contributed by atoms with E-state index >= 15 is 0 Å². The number of nitrogens with one attached hydrogen (secondary N) is 2. The maximum absolute atomic E-state index is 12.4. The van der Waals surface area contributed by atoms with Crippen molar-refractivity contribution in [3.8, 4) is 11.5 Å². The number of ether oxygens (including phenoxy) is 2. The van der Waals surface area contributed by atoms with Crippen LogP contribution in [0.1, 0.15) is 19.4 Å². The summed E-state index contributed by atoms with van der Waals surface area (Å²) in [4.78, 5) is 12.3. The van der Waals surface area contributed by atoms with Crippen LogP contribution < -0.4 is 19.5 Å². The molecule has 0 aliphatic heterocycles. The average Bonchev–Trinajstić information content (AvgIpc) is 2.61. The third-order valence-electron chi connectivity index (χ3n) is 3.65. The van der Waals surface area contributed by atoms with Gasteiger partial charge < -0.3 is 14.8 Å². The van der Waals surface area contributed by atoms with Crippen molar-refractivity contribution in [2.45, 2.75) is 31.7 Å². The number of sulfonamides is 1. The van der Waals surface area contributed by atoms with Crippen LogP contribution in [-0.2, 0) is 14.8 Å². The molecule has 0 spiro atoms. The van der Waals surface area contributed by atoms with Gasteiger partial charge in [0.1, 0.15) is 11.5 Å². The van der Waals surface area contributed by atoms with Gasteiger partial charge in [0, 0.05) is 10.5 Å². The first-order chi connectivity index (χ1) is 13.1. The minimum absolute atomic E-state index is 0.0294. The van der Waals surface area contributed by atoms with E-state index in [9.17, 15) is 13.2 Å². The van der Waals surface area contributed by atoms with Gasteiger partial charge in [-0.05, 0) is 62.7 Å². The zero-order valence-corrected chi connectivity index (χ0v) is 18.5. The molecule has 2 N–H and O–H groups in total. The van der Waals surface area contributed by atoms with Crippen molar-refractivity contribution < 1.29 is 22.7 Å². The Kier molecular flexibility index (Phi) is 7.45. The Morgan fingerprint density at radius 1 is 1.18 bits per heavy atom. The second-order valence-corrected chi connectivity index (χ2v) is 8.95. The van der Waals surface area contributed by atoms with E-state index in [0.717, 1.165) is 10.0 Å². The molecule has 0 bridgehead atoms. The summed E-state index contributed by atoms with van der Waals surface area (Å²) in [6, 6.07) is 9.39. The topological polar surface area (TPSA) is 93.7 Å². The lowest BCUT2D eigenvalue weighted by atomic mass is 10.2. The molecule has 2 rings (SSSR count). The highest BCUT2D eigenvalue weighted by molar-refractivity contribution is 9.10. The molecule has 0 heterocycles. The van der Waals surface area contributed by atoms with Gasteiger partial charge in [-0.2, -0.15) is 0 Å². The molecule has 7 nitrogen and oxygen atoms in total. The second-order valence-electron chi connectivity index (χ2n) is 6.39. The molecule has 0 aliphatic rings. The third kappa shape index (κ3) is 5.95. The zero-order valence-electron chi connectivity index (χ0n) is 16.1. The van der Waals surface area contributed by atoms with Crippen molar-refractivity contribution >= 4 is 37.5 Å². The Hall–Kier alpha value is -2.10. The summed E-state index contributed by atoms with van der Waals surface area (Å²) < 4.78 is 38.9. The van der Waals surface area contributed by atoms with Crippen LogP contribution in [0.5, 0.6) is 11.5 Å². The van der Waals surface area contributed by atoms with Gasteiger partial charge in [0.05, 0.1) is 17.7 Å². The number of carbonyl (C=O) groups excluding carboxylic acids is 1. The standard InChI is InChI=1S/C19H23BrN2O5S/c1-12(2)22-28(24,25)15-6-8-18(26-4)17(10-15)21-19(23)11-27-14-5-7-16(20)13(3)9-14/h5-10,12,22H,11H2,1-4H3,(H,21,23). The van der Waals surface area contributed by atoms with Crippen LogP contribution in [0.2, 0.25) is 0 Å². The van der Waals surface area contributed by atoms with Crippen molar-refractivity contribution in [2.75, 3.05) is 19.0 Å². The largest absolute Gasteiger partial charge is 0.495 e. The molecule has 2 aromatic carbocycles. The summed E-state index contributed by atoms with van der Waals surface area (Å²) in [6.07, 6.45) is 0. The fourth-order valence-corrected chi connectivity index (χ4v) is 3.90. The number of anilines is 1. The Morgan fingerprint density at radius 3 is 2.50 bits per heavy atom. The molecule has 0 atom stereocenters. The fourth-order valence-electron chi connectivity index (χ4n) is 2.37. The highest BCUT2D eigenvalue weighted by Gasteiger charge is 2.18. The zero-order chi connectivity index (χ0) is 20.9. The highest BCUT2D eigenvalue weighted by Crippen LogP contribution is 2.28. The van der Waals surface area contributed by atoms with Crippen LogP contribution in [0.15, 0.2) is 45.8 Å². The summed E-state index contributed by atoms with van der Waals surface area (Å²) in [5.74, 6) is 0.460. The van der Waals surface area contributed by atoms with Gasteiger partial charge in [0.25, 0.3) is 5.91 Å². The number of carbonyl (C=O) groups is 1. The van der Waals surface area contributed by atoms with E-state index in [1.807, 2.05) is 19.1 Å². The quantitative estimate of drug-likeness (QED) is 0.615. The maximum Gasteiger partial charge on any atom is 0.262 e. The molecule has 0 saturated carbocycles. The van der Waals surface area contributed by atoms with Crippen LogP contribution in [0.25, 0.3) is 0 Å². The van der Waals surface area contributed by atoms with Crippen molar-refractivity contribution in [1.82, 2.24) is 4.72 Å². The van der Waals surface area contributed by atoms with Gasteiger partial charge in [0.2, 0.25) is 10.0 Å². The van der Waals surface area contributed by atoms with Crippen molar-refractivity contribution in [3.05, 3.63) is 46.4 Å². The molecule has 28 heavy (non-hydrogen) atoms. The van der Waals surface area contributed by atoms with E-state index in [1.165, 1.54) is 25.3 Å². The summed E-state index contributed by atoms with van der Waals surface area (Å²) in [5, 5.41) is 2.63. The monoisotopic (exact) mass is 470 g/mol. The van der Waals surface area contributed by atoms with Crippen LogP contribution >= 0.6 is 15.9 Å². The third-order valence-corrected chi connectivity index (χ3v) is 6.19. The van der Waals surface area contributed by atoms with Crippen LogP contribution in [-0.4, -0.2) is 34.1 Å². The minimum atomic E-state index is -3.70. The van der Waals surface area contributed by atoms with Crippen LogP contribution in [0.3, 0.4) is 0 Å². The Morgan fingerprint density at radius 2 is 1.89 bits per heavy atom.